The number of hydrogen-bond donors (Lipinski definition) is 0. The minimum atomic E-state index is -0.838. The van der Waals surface area contributed by atoms with E-state index in [1.54, 1.807) is 20.9 Å². The van der Waals surface area contributed by atoms with Gasteiger partial charge in [-0.05, 0) is 82.6 Å². The molecular formula is C39H32NSSi. The maximum absolute atomic E-state index is 2.62. The van der Waals surface area contributed by atoms with Crippen molar-refractivity contribution in [1.29, 1.82) is 0 Å². The quantitative estimate of drug-likeness (QED) is 0.287. The van der Waals surface area contributed by atoms with E-state index in [2.05, 4.69) is 133 Å². The molecule has 0 amide bonds. The number of anilines is 1. The lowest BCUT2D eigenvalue weighted by atomic mass is 9.74. The normalized spacial score (nSPS) is 24.6. The van der Waals surface area contributed by atoms with Gasteiger partial charge in [0.25, 0.3) is 0 Å². The first-order chi connectivity index (χ1) is 20.8. The number of hydrogen-bond acceptors (Lipinski definition) is 2. The molecule has 0 fully saturated rings. The molecule has 2 heterocycles. The van der Waals surface area contributed by atoms with Crippen LogP contribution in [0.4, 0.5) is 5.69 Å². The van der Waals surface area contributed by atoms with Crippen molar-refractivity contribution in [2.75, 3.05) is 4.90 Å². The third-order valence-electron chi connectivity index (χ3n) is 9.92. The first-order valence-corrected chi connectivity index (χ1v) is 18.1. The van der Waals surface area contributed by atoms with Crippen molar-refractivity contribution in [2.45, 2.75) is 42.5 Å². The summed E-state index contributed by atoms with van der Waals surface area (Å²) in [6, 6.07) is 25.5. The Morgan fingerprint density at radius 3 is 2.60 bits per heavy atom. The Kier molecular flexibility index (Phi) is 5.67. The van der Waals surface area contributed by atoms with Crippen LogP contribution in [0.1, 0.15) is 53.4 Å². The van der Waals surface area contributed by atoms with Crippen LogP contribution in [-0.2, 0) is 0 Å². The van der Waals surface area contributed by atoms with Crippen LogP contribution in [0.3, 0.4) is 0 Å². The lowest BCUT2D eigenvalue weighted by molar-refractivity contribution is 0.633. The van der Waals surface area contributed by atoms with Crippen LogP contribution in [0.2, 0.25) is 6.55 Å². The highest BCUT2D eigenvalue weighted by atomic mass is 32.2. The van der Waals surface area contributed by atoms with Gasteiger partial charge in [-0.2, -0.15) is 0 Å². The van der Waals surface area contributed by atoms with Crippen LogP contribution in [0.5, 0.6) is 0 Å². The molecule has 3 unspecified atom stereocenters. The summed E-state index contributed by atoms with van der Waals surface area (Å²) in [5.41, 5.74) is 11.5. The summed E-state index contributed by atoms with van der Waals surface area (Å²) in [4.78, 5) is 5.66. The van der Waals surface area contributed by atoms with Gasteiger partial charge in [-0.25, -0.2) is 0 Å². The second kappa shape index (κ2) is 9.62. The molecular weight excluding hydrogens is 543 g/mol. The molecule has 0 aromatic heterocycles. The highest BCUT2D eigenvalue weighted by Gasteiger charge is 2.41. The van der Waals surface area contributed by atoms with Gasteiger partial charge in [-0.1, -0.05) is 115 Å². The van der Waals surface area contributed by atoms with Gasteiger partial charge in [0.2, 0.25) is 0 Å². The molecule has 9 rings (SSSR count). The van der Waals surface area contributed by atoms with Gasteiger partial charge in [0.15, 0.2) is 0 Å². The van der Waals surface area contributed by atoms with Crippen LogP contribution in [0.15, 0.2) is 142 Å². The molecule has 4 aliphatic carbocycles. The Bertz CT molecular complexity index is 1880. The topological polar surface area (TPSA) is 3.24 Å². The predicted octanol–water partition coefficient (Wildman–Crippen LogP) is 9.42. The molecule has 1 radical (unpaired) electrons. The van der Waals surface area contributed by atoms with Gasteiger partial charge in [-0.15, -0.1) is 0 Å². The molecule has 0 saturated heterocycles. The zero-order chi connectivity index (χ0) is 27.8. The third-order valence-corrected chi connectivity index (χ3v) is 13.7. The van der Waals surface area contributed by atoms with E-state index in [1.165, 1.54) is 44.2 Å². The first kappa shape index (κ1) is 24.8. The van der Waals surface area contributed by atoms with Crippen LogP contribution >= 0.6 is 11.8 Å². The van der Waals surface area contributed by atoms with E-state index in [4.69, 9.17) is 0 Å². The number of allylic oxidation sites excluding steroid dienone is 12. The Labute approximate surface area is 254 Å². The van der Waals surface area contributed by atoms with E-state index in [-0.39, 0.29) is 0 Å². The molecule has 3 heteroatoms. The van der Waals surface area contributed by atoms with Crippen molar-refractivity contribution in [2.24, 2.45) is 5.92 Å². The lowest BCUT2D eigenvalue weighted by Gasteiger charge is -2.40. The minimum absolute atomic E-state index is 0.320. The fraction of sp³-hybridized carbons (Fsp3) is 0.179. The predicted molar refractivity (Wildman–Crippen MR) is 180 cm³/mol. The Hall–Kier alpha value is -3.79. The summed E-state index contributed by atoms with van der Waals surface area (Å²) >= 11 is 2.03. The van der Waals surface area contributed by atoms with Gasteiger partial charge in [0, 0.05) is 44.6 Å². The molecule has 2 aliphatic heterocycles. The summed E-state index contributed by atoms with van der Waals surface area (Å²) in [5, 5.41) is 3.21. The second-order valence-electron chi connectivity index (χ2n) is 12.1. The summed E-state index contributed by atoms with van der Waals surface area (Å²) < 4.78 is 0. The number of rotatable bonds is 3. The van der Waals surface area contributed by atoms with Gasteiger partial charge >= 0.3 is 0 Å². The van der Waals surface area contributed by atoms with Crippen molar-refractivity contribution in [1.82, 2.24) is 0 Å². The van der Waals surface area contributed by atoms with Gasteiger partial charge in [-0.3, -0.25) is 0 Å². The molecule has 0 N–H and O–H groups in total. The third kappa shape index (κ3) is 3.63. The summed E-state index contributed by atoms with van der Waals surface area (Å²) in [6.07, 6.45) is 24.5. The Morgan fingerprint density at radius 1 is 0.881 bits per heavy atom. The molecule has 0 spiro atoms. The van der Waals surface area contributed by atoms with E-state index >= 15 is 0 Å². The van der Waals surface area contributed by atoms with Crippen molar-refractivity contribution in [3.8, 4) is 0 Å². The van der Waals surface area contributed by atoms with Crippen molar-refractivity contribution in [3.63, 3.8) is 0 Å². The molecule has 3 aromatic rings. The van der Waals surface area contributed by atoms with E-state index in [0.29, 0.717) is 17.8 Å². The SMILES string of the molecule is C[Si]1C2=CCC3C(=C2c2ccc(N(C4=CC=CCC4)C4=Cc5ccccc5C5C=CC=CC45)cc21)Sc1ccccc13. The average molecular weight is 575 g/mol. The van der Waals surface area contributed by atoms with E-state index in [9.17, 15) is 0 Å². The fourth-order valence-corrected chi connectivity index (χ4v) is 11.8. The van der Waals surface area contributed by atoms with Gasteiger partial charge < -0.3 is 4.90 Å². The summed E-state index contributed by atoms with van der Waals surface area (Å²) in [6.45, 7) is 2.52. The van der Waals surface area contributed by atoms with Crippen LogP contribution < -0.4 is 10.1 Å². The standard InChI is InChI=1S/C39H32NSSi/c1-42-36-22-21-32-31-17-9-10-18-35(31)41-39(32)38(36)33-20-19-27(24-37(33)42)40(26-12-3-2-4-13-26)34-23-25-11-5-6-14-28(25)29-15-7-8-16-30(29)34/h2-3,5-12,14-20,22-24,29-30,32H,4,13,21H2,1H3. The number of thioether (sulfide) groups is 1. The monoisotopic (exact) mass is 574 g/mol. The van der Waals surface area contributed by atoms with Crippen molar-refractivity contribution >= 4 is 43.1 Å². The van der Waals surface area contributed by atoms with E-state index in [1.807, 2.05) is 11.8 Å². The highest BCUT2D eigenvalue weighted by Crippen LogP contribution is 2.57. The summed E-state index contributed by atoms with van der Waals surface area (Å²) in [7, 11) is -0.838. The van der Waals surface area contributed by atoms with Crippen LogP contribution in [-0.4, -0.2) is 8.80 Å². The Morgan fingerprint density at radius 2 is 1.71 bits per heavy atom. The molecule has 6 aliphatic rings. The molecule has 42 heavy (non-hydrogen) atoms. The number of nitrogens with zero attached hydrogens (tertiary/aromatic N) is 1. The molecule has 3 atom stereocenters. The average Bonchev–Trinajstić information content (AvgIpc) is 3.57. The first-order valence-electron chi connectivity index (χ1n) is 15.3. The summed E-state index contributed by atoms with van der Waals surface area (Å²) in [5.74, 6) is 1.21. The van der Waals surface area contributed by atoms with Crippen molar-refractivity contribution < 1.29 is 0 Å². The molecule has 0 saturated carbocycles. The molecule has 3 aromatic carbocycles. The maximum atomic E-state index is 2.62. The van der Waals surface area contributed by atoms with E-state index in [0.717, 1.165) is 19.3 Å². The van der Waals surface area contributed by atoms with Crippen LogP contribution in [0.25, 0.3) is 11.6 Å². The highest BCUT2D eigenvalue weighted by molar-refractivity contribution is 8.03. The largest absolute Gasteiger partial charge is 0.317 e. The smallest absolute Gasteiger partial charge is 0.119 e. The number of benzene rings is 3. The molecule has 203 valence electrons. The Balaban J connectivity index is 1.20. The lowest BCUT2D eigenvalue weighted by Crippen LogP contribution is -2.33. The van der Waals surface area contributed by atoms with Gasteiger partial charge in [0.05, 0.1) is 0 Å². The fourth-order valence-electron chi connectivity index (χ4n) is 7.94. The maximum Gasteiger partial charge on any atom is 0.119 e. The zero-order valence-electron chi connectivity index (χ0n) is 23.8. The molecule has 0 bridgehead atoms. The minimum Gasteiger partial charge on any atom is -0.317 e. The zero-order valence-corrected chi connectivity index (χ0v) is 25.6. The second-order valence-corrected chi connectivity index (χ2v) is 15.5. The van der Waals surface area contributed by atoms with Crippen LogP contribution in [0, 0.1) is 5.92 Å². The van der Waals surface area contributed by atoms with Gasteiger partial charge in [0.1, 0.15) is 8.80 Å². The molecule has 1 nitrogen and oxygen atoms in total. The van der Waals surface area contributed by atoms with Crippen molar-refractivity contribution in [3.05, 3.63) is 159 Å². The number of fused-ring (bicyclic) bond motifs is 9. The van der Waals surface area contributed by atoms with E-state index < -0.39 is 8.80 Å².